The van der Waals surface area contributed by atoms with Crippen molar-refractivity contribution in [3.05, 3.63) is 35.6 Å². The lowest BCUT2D eigenvalue weighted by molar-refractivity contribution is -0.137. The van der Waals surface area contributed by atoms with E-state index in [0.29, 0.717) is 5.02 Å². The fourth-order valence-corrected chi connectivity index (χ4v) is 3.18. The number of rotatable bonds is 5. The first-order valence-electron chi connectivity index (χ1n) is 5.56. The van der Waals surface area contributed by atoms with E-state index in [4.69, 9.17) is 11.6 Å². The number of halogens is 1. The highest BCUT2D eigenvalue weighted by atomic mass is 35.5. The predicted molar refractivity (Wildman–Crippen MR) is 76.8 cm³/mol. The van der Waals surface area contributed by atoms with Gasteiger partial charge in [-0.05, 0) is 24.3 Å². The van der Waals surface area contributed by atoms with E-state index in [-0.39, 0.29) is 15.8 Å². The van der Waals surface area contributed by atoms with Gasteiger partial charge in [-0.2, -0.15) is 8.42 Å². The fourth-order valence-electron chi connectivity index (χ4n) is 1.31. The Morgan fingerprint density at radius 1 is 1.38 bits per heavy atom. The van der Waals surface area contributed by atoms with Gasteiger partial charge in [0.15, 0.2) is 0 Å². The average molecular weight is 348 g/mol. The SMILES string of the molecule is COC(=O)CSc1ncn(S(=O)(=O)c2ccc(Cl)cc2)n1. The van der Waals surface area contributed by atoms with Crippen molar-refractivity contribution in [2.24, 2.45) is 0 Å². The van der Waals surface area contributed by atoms with Gasteiger partial charge in [-0.3, -0.25) is 4.79 Å². The van der Waals surface area contributed by atoms with Crippen LogP contribution in [0, 0.1) is 0 Å². The van der Waals surface area contributed by atoms with Gasteiger partial charge < -0.3 is 4.74 Å². The molecule has 0 spiro atoms. The van der Waals surface area contributed by atoms with Crippen molar-refractivity contribution in [2.45, 2.75) is 10.1 Å². The summed E-state index contributed by atoms with van der Waals surface area (Å²) in [6.45, 7) is 0. The van der Waals surface area contributed by atoms with Gasteiger partial charge in [0.2, 0.25) is 5.16 Å². The Labute approximate surface area is 130 Å². The number of aromatic nitrogens is 3. The van der Waals surface area contributed by atoms with Crippen LogP contribution < -0.4 is 0 Å². The maximum atomic E-state index is 12.3. The first-order valence-corrected chi connectivity index (χ1v) is 8.36. The molecule has 7 nitrogen and oxygen atoms in total. The number of thioether (sulfide) groups is 1. The Hall–Kier alpha value is -1.58. The Morgan fingerprint density at radius 3 is 2.67 bits per heavy atom. The van der Waals surface area contributed by atoms with Crippen LogP contribution >= 0.6 is 23.4 Å². The van der Waals surface area contributed by atoms with Gasteiger partial charge in [-0.15, -0.1) is 9.19 Å². The minimum absolute atomic E-state index is 0.00149. The summed E-state index contributed by atoms with van der Waals surface area (Å²) in [5.41, 5.74) is 0. The molecule has 1 aromatic heterocycles. The third-order valence-electron chi connectivity index (χ3n) is 2.36. The maximum absolute atomic E-state index is 12.3. The van der Waals surface area contributed by atoms with E-state index in [1.165, 1.54) is 31.4 Å². The summed E-state index contributed by atoms with van der Waals surface area (Å²) in [6.07, 6.45) is 1.07. The summed E-state index contributed by atoms with van der Waals surface area (Å²) in [5.74, 6) is -0.446. The standard InChI is InChI=1S/C11H10ClN3O4S2/c1-19-10(16)6-20-11-13-7-15(14-11)21(17,18)9-4-2-8(12)3-5-9/h2-5,7H,6H2,1H3. The van der Waals surface area contributed by atoms with Crippen molar-refractivity contribution in [1.82, 2.24) is 14.2 Å². The van der Waals surface area contributed by atoms with Gasteiger partial charge in [-0.25, -0.2) is 4.98 Å². The number of methoxy groups -OCH3 is 1. The van der Waals surface area contributed by atoms with Gasteiger partial charge >= 0.3 is 5.97 Å². The Kier molecular flexibility index (Phi) is 4.86. The molecule has 0 atom stereocenters. The smallest absolute Gasteiger partial charge is 0.316 e. The monoisotopic (exact) mass is 347 g/mol. The summed E-state index contributed by atoms with van der Waals surface area (Å²) >= 11 is 6.70. The molecule has 0 amide bonds. The van der Waals surface area contributed by atoms with Crippen LogP contribution in [0.1, 0.15) is 0 Å². The van der Waals surface area contributed by atoms with Crippen molar-refractivity contribution in [2.75, 3.05) is 12.9 Å². The van der Waals surface area contributed by atoms with E-state index in [2.05, 4.69) is 14.8 Å². The second-order valence-corrected chi connectivity index (χ2v) is 6.90. The molecule has 1 aromatic carbocycles. The van der Waals surface area contributed by atoms with E-state index in [1.54, 1.807) is 0 Å². The molecule has 0 radical (unpaired) electrons. The van der Waals surface area contributed by atoms with Crippen molar-refractivity contribution in [1.29, 1.82) is 0 Å². The Bertz CT molecular complexity index is 743. The molecule has 112 valence electrons. The molecule has 0 fully saturated rings. The lowest BCUT2D eigenvalue weighted by atomic mass is 10.4. The summed E-state index contributed by atoms with van der Waals surface area (Å²) in [7, 11) is -2.56. The molecule has 2 rings (SSSR count). The minimum Gasteiger partial charge on any atom is -0.468 e. The Balaban J connectivity index is 2.20. The molecule has 21 heavy (non-hydrogen) atoms. The molecule has 0 unspecified atom stereocenters. The van der Waals surface area contributed by atoms with Gasteiger partial charge in [0, 0.05) is 5.02 Å². The number of hydrogen-bond donors (Lipinski definition) is 0. The van der Waals surface area contributed by atoms with Crippen LogP contribution in [0.4, 0.5) is 0 Å². The first-order chi connectivity index (χ1) is 9.93. The van der Waals surface area contributed by atoms with Gasteiger partial charge in [0.25, 0.3) is 10.0 Å². The second kappa shape index (κ2) is 6.46. The number of carbonyl (C=O) groups is 1. The van der Waals surface area contributed by atoms with Crippen molar-refractivity contribution in [3.8, 4) is 0 Å². The molecule has 0 N–H and O–H groups in total. The molecular formula is C11H10ClN3O4S2. The van der Waals surface area contributed by atoms with E-state index >= 15 is 0 Å². The maximum Gasteiger partial charge on any atom is 0.316 e. The normalized spacial score (nSPS) is 11.3. The fraction of sp³-hybridized carbons (Fsp3) is 0.182. The van der Waals surface area contributed by atoms with E-state index in [1.807, 2.05) is 0 Å². The van der Waals surface area contributed by atoms with Gasteiger partial charge in [0.1, 0.15) is 6.33 Å². The molecule has 0 aliphatic heterocycles. The largest absolute Gasteiger partial charge is 0.468 e. The quantitative estimate of drug-likeness (QED) is 0.596. The van der Waals surface area contributed by atoms with Crippen LogP contribution in [-0.2, 0) is 19.6 Å². The van der Waals surface area contributed by atoms with Crippen molar-refractivity contribution < 1.29 is 17.9 Å². The number of carbonyl (C=O) groups excluding carboxylic acids is 1. The van der Waals surface area contributed by atoms with Crippen LogP contribution in [0.15, 0.2) is 40.6 Å². The molecule has 2 aromatic rings. The minimum atomic E-state index is -3.82. The zero-order valence-corrected chi connectivity index (χ0v) is 13.2. The highest BCUT2D eigenvalue weighted by molar-refractivity contribution is 7.99. The lowest BCUT2D eigenvalue weighted by Gasteiger charge is -2.03. The van der Waals surface area contributed by atoms with Crippen LogP contribution in [0.2, 0.25) is 5.02 Å². The van der Waals surface area contributed by atoms with Crippen LogP contribution in [0.5, 0.6) is 0 Å². The third kappa shape index (κ3) is 3.74. The number of nitrogens with zero attached hydrogens (tertiary/aromatic N) is 3. The number of ether oxygens (including phenoxy) is 1. The highest BCUT2D eigenvalue weighted by Crippen LogP contribution is 2.18. The number of hydrogen-bond acceptors (Lipinski definition) is 7. The van der Waals surface area contributed by atoms with Gasteiger partial charge in [-0.1, -0.05) is 23.4 Å². The molecule has 10 heteroatoms. The van der Waals surface area contributed by atoms with Crippen molar-refractivity contribution in [3.63, 3.8) is 0 Å². The Morgan fingerprint density at radius 2 is 2.05 bits per heavy atom. The molecular weight excluding hydrogens is 338 g/mol. The molecule has 0 bridgehead atoms. The van der Waals surface area contributed by atoms with Crippen LogP contribution in [0.25, 0.3) is 0 Å². The summed E-state index contributed by atoms with van der Waals surface area (Å²) < 4.78 is 29.8. The molecule has 1 heterocycles. The van der Waals surface area contributed by atoms with Gasteiger partial charge in [0.05, 0.1) is 17.8 Å². The number of benzene rings is 1. The predicted octanol–water partition coefficient (Wildman–Crippen LogP) is 1.43. The van der Waals surface area contributed by atoms with E-state index < -0.39 is 16.0 Å². The summed E-state index contributed by atoms with van der Waals surface area (Å²) in [6, 6.07) is 5.69. The molecule has 0 aliphatic carbocycles. The highest BCUT2D eigenvalue weighted by Gasteiger charge is 2.19. The first kappa shape index (κ1) is 15.8. The van der Waals surface area contributed by atoms with E-state index in [0.717, 1.165) is 22.2 Å². The van der Waals surface area contributed by atoms with Crippen LogP contribution in [0.3, 0.4) is 0 Å². The number of esters is 1. The zero-order chi connectivity index (χ0) is 15.5. The topological polar surface area (TPSA) is 91.1 Å². The molecule has 0 aliphatic rings. The van der Waals surface area contributed by atoms with E-state index in [9.17, 15) is 13.2 Å². The van der Waals surface area contributed by atoms with Crippen molar-refractivity contribution >= 4 is 39.4 Å². The molecule has 0 saturated carbocycles. The summed E-state index contributed by atoms with van der Waals surface area (Å²) in [5, 5.41) is 4.42. The zero-order valence-electron chi connectivity index (χ0n) is 10.8. The summed E-state index contributed by atoms with van der Waals surface area (Å²) in [4.78, 5) is 14.9. The van der Waals surface area contributed by atoms with Crippen LogP contribution in [-0.4, -0.2) is 41.4 Å². The lowest BCUT2D eigenvalue weighted by Crippen LogP contribution is -2.13. The second-order valence-electron chi connectivity index (χ2n) is 3.72. The average Bonchev–Trinajstić information content (AvgIpc) is 2.95. The molecule has 0 saturated heterocycles. The third-order valence-corrected chi connectivity index (χ3v) is 4.97.